The molecule has 1 atom stereocenters. The van der Waals surface area contributed by atoms with Gasteiger partial charge in [-0.25, -0.2) is 4.98 Å². The lowest BCUT2D eigenvalue weighted by Gasteiger charge is -2.37. The molecule has 0 radical (unpaired) electrons. The van der Waals surface area contributed by atoms with Crippen LogP contribution in [0.2, 0.25) is 0 Å². The second-order valence-electron chi connectivity index (χ2n) is 6.65. The maximum absolute atomic E-state index is 12.6. The summed E-state index contributed by atoms with van der Waals surface area (Å²) < 4.78 is 2.05. The summed E-state index contributed by atoms with van der Waals surface area (Å²) in [6.07, 6.45) is 6.07. The number of imidazole rings is 1. The summed E-state index contributed by atoms with van der Waals surface area (Å²) >= 11 is 0. The van der Waals surface area contributed by atoms with E-state index in [9.17, 15) is 4.79 Å². The van der Waals surface area contributed by atoms with E-state index >= 15 is 0 Å². The summed E-state index contributed by atoms with van der Waals surface area (Å²) in [5, 5.41) is 3.42. The Kier molecular flexibility index (Phi) is 4.78. The number of piperazine rings is 1. The van der Waals surface area contributed by atoms with Gasteiger partial charge in [-0.1, -0.05) is 6.92 Å². The molecule has 1 aromatic rings. The number of carbonyl (C=O) groups excluding carboxylic acids is 1. The van der Waals surface area contributed by atoms with Gasteiger partial charge in [-0.15, -0.1) is 0 Å². The molecule has 1 unspecified atom stereocenters. The lowest BCUT2D eigenvalue weighted by Crippen LogP contribution is -2.51. The van der Waals surface area contributed by atoms with Gasteiger partial charge in [-0.05, 0) is 18.8 Å². The summed E-state index contributed by atoms with van der Waals surface area (Å²) in [6.45, 7) is 7.30. The minimum absolute atomic E-state index is 0.182. The van der Waals surface area contributed by atoms with Crippen molar-refractivity contribution in [1.29, 1.82) is 0 Å². The van der Waals surface area contributed by atoms with E-state index < -0.39 is 0 Å². The molecule has 2 saturated heterocycles. The molecule has 6 nitrogen and oxygen atoms in total. The SMILES string of the molecule is CC1CCN(C(=O)CN2CCNCC2c2nccn2C)CC1. The molecule has 1 aromatic heterocycles. The van der Waals surface area contributed by atoms with E-state index in [2.05, 4.69) is 26.7 Å². The van der Waals surface area contributed by atoms with E-state index in [-0.39, 0.29) is 11.9 Å². The molecule has 2 aliphatic heterocycles. The maximum atomic E-state index is 12.6. The number of hydrogen-bond donors (Lipinski definition) is 1. The maximum Gasteiger partial charge on any atom is 0.236 e. The third-order valence-corrected chi connectivity index (χ3v) is 4.99. The van der Waals surface area contributed by atoms with Crippen molar-refractivity contribution in [2.45, 2.75) is 25.8 Å². The average Bonchev–Trinajstić information content (AvgIpc) is 2.94. The summed E-state index contributed by atoms with van der Waals surface area (Å²) in [4.78, 5) is 21.4. The second kappa shape index (κ2) is 6.79. The van der Waals surface area contributed by atoms with Gasteiger partial charge >= 0.3 is 0 Å². The first-order chi connectivity index (χ1) is 10.6. The Bertz CT molecular complexity index is 506. The summed E-state index contributed by atoms with van der Waals surface area (Å²) in [6, 6.07) is 0.182. The third kappa shape index (κ3) is 3.33. The van der Waals surface area contributed by atoms with Gasteiger partial charge in [0.1, 0.15) is 5.82 Å². The Labute approximate surface area is 132 Å². The minimum Gasteiger partial charge on any atom is -0.342 e. The zero-order valence-electron chi connectivity index (χ0n) is 13.7. The fourth-order valence-corrected chi connectivity index (χ4v) is 3.42. The van der Waals surface area contributed by atoms with Gasteiger partial charge in [0.15, 0.2) is 0 Å². The van der Waals surface area contributed by atoms with Crippen molar-refractivity contribution in [2.75, 3.05) is 39.3 Å². The summed E-state index contributed by atoms with van der Waals surface area (Å²) in [7, 11) is 2.02. The van der Waals surface area contributed by atoms with Crippen LogP contribution in [0, 0.1) is 5.92 Å². The molecule has 0 bridgehead atoms. The molecular formula is C16H27N5O. The number of aromatic nitrogens is 2. The molecule has 0 spiro atoms. The number of hydrogen-bond acceptors (Lipinski definition) is 4. The first-order valence-corrected chi connectivity index (χ1v) is 8.35. The Morgan fingerprint density at radius 2 is 2.14 bits per heavy atom. The van der Waals surface area contributed by atoms with Gasteiger partial charge in [0.05, 0.1) is 12.6 Å². The van der Waals surface area contributed by atoms with Crippen LogP contribution in [0.15, 0.2) is 12.4 Å². The molecule has 6 heteroatoms. The molecule has 0 aliphatic carbocycles. The van der Waals surface area contributed by atoms with E-state index in [0.717, 1.165) is 57.3 Å². The monoisotopic (exact) mass is 305 g/mol. The Balaban J connectivity index is 1.64. The quantitative estimate of drug-likeness (QED) is 0.890. The lowest BCUT2D eigenvalue weighted by atomic mass is 9.99. The highest BCUT2D eigenvalue weighted by molar-refractivity contribution is 5.78. The van der Waals surface area contributed by atoms with E-state index in [1.54, 1.807) is 0 Å². The van der Waals surface area contributed by atoms with Crippen LogP contribution in [0.4, 0.5) is 0 Å². The van der Waals surface area contributed by atoms with Crippen LogP contribution in [0.1, 0.15) is 31.6 Å². The molecule has 0 aromatic carbocycles. The average molecular weight is 305 g/mol. The van der Waals surface area contributed by atoms with Crippen molar-refractivity contribution in [3.8, 4) is 0 Å². The number of amides is 1. The van der Waals surface area contributed by atoms with Crippen LogP contribution >= 0.6 is 0 Å². The molecule has 3 rings (SSSR count). The van der Waals surface area contributed by atoms with Crippen LogP contribution in [0.3, 0.4) is 0 Å². The van der Waals surface area contributed by atoms with Gasteiger partial charge < -0.3 is 14.8 Å². The van der Waals surface area contributed by atoms with Crippen LogP contribution in [-0.4, -0.2) is 64.5 Å². The summed E-state index contributed by atoms with van der Waals surface area (Å²) in [5.74, 6) is 2.06. The highest BCUT2D eigenvalue weighted by atomic mass is 16.2. The fraction of sp³-hybridized carbons (Fsp3) is 0.750. The summed E-state index contributed by atoms with van der Waals surface area (Å²) in [5.41, 5.74) is 0. The fourth-order valence-electron chi connectivity index (χ4n) is 3.42. The predicted octanol–water partition coefficient (Wildman–Crippen LogP) is 0.625. The number of carbonyl (C=O) groups is 1. The van der Waals surface area contributed by atoms with Crippen molar-refractivity contribution < 1.29 is 4.79 Å². The van der Waals surface area contributed by atoms with E-state index in [4.69, 9.17) is 0 Å². The number of likely N-dealkylation sites (tertiary alicyclic amines) is 1. The number of piperidine rings is 1. The van der Waals surface area contributed by atoms with Crippen molar-refractivity contribution in [2.24, 2.45) is 13.0 Å². The highest BCUT2D eigenvalue weighted by Crippen LogP contribution is 2.21. The molecule has 2 aliphatic rings. The number of aryl methyl sites for hydroxylation is 1. The number of nitrogens with zero attached hydrogens (tertiary/aromatic N) is 4. The lowest BCUT2D eigenvalue weighted by molar-refractivity contribution is -0.134. The standard InChI is InChI=1S/C16H27N5O/c1-13-3-7-20(8-4-13)15(22)12-21-10-5-17-11-14(21)16-18-6-9-19(16)2/h6,9,13-14,17H,3-5,7-8,10-12H2,1-2H3. The van der Waals surface area contributed by atoms with Crippen molar-refractivity contribution >= 4 is 5.91 Å². The Morgan fingerprint density at radius 1 is 1.36 bits per heavy atom. The van der Waals surface area contributed by atoms with E-state index in [0.29, 0.717) is 6.54 Å². The molecule has 1 N–H and O–H groups in total. The van der Waals surface area contributed by atoms with Gasteiger partial charge in [-0.3, -0.25) is 9.69 Å². The Morgan fingerprint density at radius 3 is 2.82 bits per heavy atom. The predicted molar refractivity (Wildman–Crippen MR) is 85.4 cm³/mol. The number of nitrogens with one attached hydrogen (secondary N) is 1. The molecule has 122 valence electrons. The normalized spacial score (nSPS) is 24.6. The van der Waals surface area contributed by atoms with E-state index in [1.165, 1.54) is 0 Å². The molecule has 2 fully saturated rings. The third-order valence-electron chi connectivity index (χ3n) is 4.99. The van der Waals surface area contributed by atoms with Crippen LogP contribution in [0.5, 0.6) is 0 Å². The largest absolute Gasteiger partial charge is 0.342 e. The molecular weight excluding hydrogens is 278 g/mol. The van der Waals surface area contributed by atoms with Crippen molar-refractivity contribution in [3.63, 3.8) is 0 Å². The van der Waals surface area contributed by atoms with Crippen molar-refractivity contribution in [1.82, 2.24) is 24.7 Å². The second-order valence-corrected chi connectivity index (χ2v) is 6.65. The van der Waals surface area contributed by atoms with Crippen LogP contribution in [-0.2, 0) is 11.8 Å². The van der Waals surface area contributed by atoms with Crippen LogP contribution < -0.4 is 5.32 Å². The molecule has 0 saturated carbocycles. The van der Waals surface area contributed by atoms with Gasteiger partial charge in [0, 0.05) is 52.2 Å². The topological polar surface area (TPSA) is 53.4 Å². The minimum atomic E-state index is 0.182. The zero-order valence-corrected chi connectivity index (χ0v) is 13.7. The van der Waals surface area contributed by atoms with Crippen molar-refractivity contribution in [3.05, 3.63) is 18.2 Å². The van der Waals surface area contributed by atoms with Gasteiger partial charge in [0.2, 0.25) is 5.91 Å². The first kappa shape index (κ1) is 15.5. The van der Waals surface area contributed by atoms with Gasteiger partial charge in [0.25, 0.3) is 0 Å². The van der Waals surface area contributed by atoms with Gasteiger partial charge in [-0.2, -0.15) is 0 Å². The number of rotatable bonds is 3. The zero-order chi connectivity index (χ0) is 15.5. The highest BCUT2D eigenvalue weighted by Gasteiger charge is 2.30. The smallest absolute Gasteiger partial charge is 0.236 e. The Hall–Kier alpha value is -1.40. The first-order valence-electron chi connectivity index (χ1n) is 8.35. The molecule has 3 heterocycles. The van der Waals surface area contributed by atoms with E-state index in [1.807, 2.05) is 24.3 Å². The molecule has 22 heavy (non-hydrogen) atoms. The van der Waals surface area contributed by atoms with Crippen LogP contribution in [0.25, 0.3) is 0 Å². The molecule has 1 amide bonds.